The summed E-state index contributed by atoms with van der Waals surface area (Å²) in [7, 11) is 0. The molecule has 1 N–H and O–H groups in total. The quantitative estimate of drug-likeness (QED) is 0.653. The van der Waals surface area contributed by atoms with E-state index in [2.05, 4.69) is 4.98 Å². The van der Waals surface area contributed by atoms with Crippen molar-refractivity contribution >= 4 is 5.91 Å². The molecule has 13 heavy (non-hydrogen) atoms. The number of hydrogen-bond acceptors (Lipinski definition) is 3. The van der Waals surface area contributed by atoms with Crippen molar-refractivity contribution in [2.24, 2.45) is 0 Å². The summed E-state index contributed by atoms with van der Waals surface area (Å²) in [5.74, 6) is -0.106. The monoisotopic (exact) mass is 178 g/mol. The largest absolute Gasteiger partial charge is 0.389 e. The van der Waals surface area contributed by atoms with Crippen LogP contribution in [0, 0.1) is 0 Å². The topological polar surface area (TPSA) is 53.4 Å². The van der Waals surface area contributed by atoms with Crippen molar-refractivity contribution in [3.8, 4) is 0 Å². The highest BCUT2D eigenvalue weighted by Gasteiger charge is 2.29. The molecule has 68 valence electrons. The number of likely N-dealkylation sites (tertiary alicyclic amines) is 1. The summed E-state index contributed by atoms with van der Waals surface area (Å²) in [5.41, 5.74) is 0.439. The zero-order chi connectivity index (χ0) is 9.26. The average molecular weight is 178 g/mol. The second kappa shape index (κ2) is 3.14. The van der Waals surface area contributed by atoms with Crippen LogP contribution < -0.4 is 0 Å². The van der Waals surface area contributed by atoms with Crippen molar-refractivity contribution in [3.63, 3.8) is 0 Å². The van der Waals surface area contributed by atoms with Gasteiger partial charge in [0.15, 0.2) is 0 Å². The van der Waals surface area contributed by atoms with Crippen molar-refractivity contribution in [1.29, 1.82) is 0 Å². The van der Waals surface area contributed by atoms with E-state index in [0.717, 1.165) is 0 Å². The Morgan fingerprint density at radius 1 is 1.54 bits per heavy atom. The van der Waals surface area contributed by atoms with Crippen molar-refractivity contribution in [2.75, 3.05) is 13.1 Å². The van der Waals surface area contributed by atoms with Crippen molar-refractivity contribution < 1.29 is 9.90 Å². The fourth-order valence-electron chi connectivity index (χ4n) is 1.27. The molecule has 0 unspecified atom stereocenters. The van der Waals surface area contributed by atoms with Crippen LogP contribution in [0.5, 0.6) is 0 Å². The summed E-state index contributed by atoms with van der Waals surface area (Å²) in [4.78, 5) is 17.0. The number of nitrogens with zero attached hydrogens (tertiary/aromatic N) is 2. The summed E-state index contributed by atoms with van der Waals surface area (Å²) in [6.45, 7) is 0.852. The molecule has 0 radical (unpaired) electrons. The number of hydrogen-bond donors (Lipinski definition) is 1. The summed E-state index contributed by atoms with van der Waals surface area (Å²) < 4.78 is 0. The molecule has 1 saturated heterocycles. The van der Waals surface area contributed by atoms with Gasteiger partial charge in [0.1, 0.15) is 5.69 Å². The standard InChI is InChI=1S/C9H10N2O2/c12-7-5-11(6-7)9(13)8-3-1-2-4-10-8/h1-4,7,12H,5-6H2. The van der Waals surface area contributed by atoms with E-state index in [4.69, 9.17) is 5.11 Å². The summed E-state index contributed by atoms with van der Waals surface area (Å²) in [6.07, 6.45) is 1.23. The lowest BCUT2D eigenvalue weighted by Gasteiger charge is -2.35. The van der Waals surface area contributed by atoms with Gasteiger partial charge in [0.05, 0.1) is 6.10 Å². The normalized spacial score (nSPS) is 16.8. The van der Waals surface area contributed by atoms with E-state index < -0.39 is 0 Å². The SMILES string of the molecule is O=C(c1ccccn1)N1CC(O)C1. The predicted octanol–water partition coefficient (Wildman–Crippen LogP) is -0.102. The van der Waals surface area contributed by atoms with Crippen LogP contribution in [0.2, 0.25) is 0 Å². The number of aliphatic hydroxyl groups is 1. The highest BCUT2D eigenvalue weighted by Crippen LogP contribution is 2.10. The minimum Gasteiger partial charge on any atom is -0.389 e. The van der Waals surface area contributed by atoms with E-state index in [1.807, 2.05) is 0 Å². The van der Waals surface area contributed by atoms with Gasteiger partial charge in [-0.3, -0.25) is 9.78 Å². The molecule has 2 heterocycles. The molecule has 1 aromatic rings. The van der Waals surface area contributed by atoms with Crippen LogP contribution >= 0.6 is 0 Å². The number of aliphatic hydroxyl groups excluding tert-OH is 1. The Morgan fingerprint density at radius 3 is 2.85 bits per heavy atom. The zero-order valence-corrected chi connectivity index (χ0v) is 7.05. The van der Waals surface area contributed by atoms with Crippen LogP contribution in [0.3, 0.4) is 0 Å². The second-order valence-electron chi connectivity index (χ2n) is 3.08. The Balaban J connectivity index is 2.06. The fraction of sp³-hybridized carbons (Fsp3) is 0.333. The molecule has 1 aliphatic heterocycles. The van der Waals surface area contributed by atoms with Gasteiger partial charge in [0.25, 0.3) is 5.91 Å². The minimum atomic E-state index is -0.354. The Bertz CT molecular complexity index is 307. The van der Waals surface area contributed by atoms with E-state index in [9.17, 15) is 4.79 Å². The maximum absolute atomic E-state index is 11.5. The first-order valence-electron chi connectivity index (χ1n) is 4.16. The van der Waals surface area contributed by atoms with Crippen LogP contribution in [0.25, 0.3) is 0 Å². The molecule has 0 atom stereocenters. The molecule has 1 aliphatic rings. The Labute approximate surface area is 75.8 Å². The molecule has 4 nitrogen and oxygen atoms in total. The third kappa shape index (κ3) is 1.53. The van der Waals surface area contributed by atoms with Crippen LogP contribution in [0.4, 0.5) is 0 Å². The predicted molar refractivity (Wildman–Crippen MR) is 46.1 cm³/mol. The second-order valence-corrected chi connectivity index (χ2v) is 3.08. The van der Waals surface area contributed by atoms with E-state index in [0.29, 0.717) is 18.8 Å². The van der Waals surface area contributed by atoms with Crippen molar-refractivity contribution in [2.45, 2.75) is 6.10 Å². The lowest BCUT2D eigenvalue weighted by molar-refractivity contribution is 0.00550. The summed E-state index contributed by atoms with van der Waals surface area (Å²) in [5, 5.41) is 9.00. The molecular weight excluding hydrogens is 168 g/mol. The number of rotatable bonds is 1. The van der Waals surface area contributed by atoms with Gasteiger partial charge in [-0.25, -0.2) is 0 Å². The van der Waals surface area contributed by atoms with Gasteiger partial charge in [-0.2, -0.15) is 0 Å². The molecule has 0 saturated carbocycles. The third-order valence-electron chi connectivity index (χ3n) is 2.03. The molecule has 0 bridgehead atoms. The number of carbonyl (C=O) groups excluding carboxylic acids is 1. The zero-order valence-electron chi connectivity index (χ0n) is 7.05. The molecule has 1 fully saturated rings. The third-order valence-corrected chi connectivity index (χ3v) is 2.03. The number of amides is 1. The smallest absolute Gasteiger partial charge is 0.272 e. The van der Waals surface area contributed by atoms with Gasteiger partial charge in [0.2, 0.25) is 0 Å². The first-order chi connectivity index (χ1) is 6.27. The molecule has 1 aromatic heterocycles. The maximum atomic E-state index is 11.5. The van der Waals surface area contributed by atoms with Gasteiger partial charge >= 0.3 is 0 Å². The van der Waals surface area contributed by atoms with Crippen molar-refractivity contribution in [1.82, 2.24) is 9.88 Å². The number of pyridine rings is 1. The molecule has 0 spiro atoms. The van der Waals surface area contributed by atoms with E-state index in [-0.39, 0.29) is 12.0 Å². The van der Waals surface area contributed by atoms with E-state index in [1.165, 1.54) is 0 Å². The Kier molecular flexibility index (Phi) is 1.98. The highest BCUT2D eigenvalue weighted by molar-refractivity contribution is 5.92. The first-order valence-corrected chi connectivity index (χ1v) is 4.16. The lowest BCUT2D eigenvalue weighted by atomic mass is 10.1. The molecule has 4 heteroatoms. The maximum Gasteiger partial charge on any atom is 0.272 e. The number of β-amino-alcohol motifs (C(OH)–C–C–N with tert-alkyl or cyclic N) is 1. The van der Waals surface area contributed by atoms with Gasteiger partial charge < -0.3 is 10.0 Å². The molecular formula is C9H10N2O2. The van der Waals surface area contributed by atoms with Crippen LogP contribution in [-0.4, -0.2) is 40.1 Å². The van der Waals surface area contributed by atoms with Gasteiger partial charge in [-0.1, -0.05) is 6.07 Å². The van der Waals surface area contributed by atoms with Gasteiger partial charge in [-0.05, 0) is 12.1 Å². The highest BCUT2D eigenvalue weighted by atomic mass is 16.3. The summed E-state index contributed by atoms with van der Waals surface area (Å²) >= 11 is 0. The minimum absolute atomic E-state index is 0.106. The van der Waals surface area contributed by atoms with Crippen LogP contribution in [0.15, 0.2) is 24.4 Å². The van der Waals surface area contributed by atoms with Crippen LogP contribution in [0.1, 0.15) is 10.5 Å². The number of carbonyl (C=O) groups is 1. The molecule has 0 aliphatic carbocycles. The van der Waals surface area contributed by atoms with Crippen LogP contribution in [-0.2, 0) is 0 Å². The van der Waals surface area contributed by atoms with E-state index in [1.54, 1.807) is 29.3 Å². The molecule has 0 aromatic carbocycles. The molecule has 1 amide bonds. The fourth-order valence-corrected chi connectivity index (χ4v) is 1.27. The van der Waals surface area contributed by atoms with E-state index >= 15 is 0 Å². The Hall–Kier alpha value is -1.42. The average Bonchev–Trinajstić information content (AvgIpc) is 2.13. The first kappa shape index (κ1) is 8.19. The Morgan fingerprint density at radius 2 is 2.31 bits per heavy atom. The van der Waals surface area contributed by atoms with Gasteiger partial charge in [0, 0.05) is 19.3 Å². The van der Waals surface area contributed by atoms with Crippen molar-refractivity contribution in [3.05, 3.63) is 30.1 Å². The van der Waals surface area contributed by atoms with Gasteiger partial charge in [-0.15, -0.1) is 0 Å². The summed E-state index contributed by atoms with van der Waals surface area (Å²) in [6, 6.07) is 5.21. The number of aromatic nitrogens is 1. The molecule has 2 rings (SSSR count). The lowest BCUT2D eigenvalue weighted by Crippen LogP contribution is -2.53.